The van der Waals surface area contributed by atoms with E-state index in [9.17, 15) is 24.6 Å². The molecule has 0 unspecified atom stereocenters. The molecule has 3 aromatic rings. The number of rotatable bonds is 9. The predicted molar refractivity (Wildman–Crippen MR) is 151 cm³/mol. The predicted octanol–water partition coefficient (Wildman–Crippen LogP) is 1.96. The quantitative estimate of drug-likeness (QED) is 0.279. The number of likely N-dealkylation sites (tertiary alicyclic amines) is 1. The second-order valence-corrected chi connectivity index (χ2v) is 10.3. The fraction of sp³-hybridized carbons (Fsp3) is 0.323. The molecule has 0 saturated carbocycles. The van der Waals surface area contributed by atoms with Gasteiger partial charge in [0.1, 0.15) is 11.8 Å². The van der Waals surface area contributed by atoms with Gasteiger partial charge in [-0.15, -0.1) is 0 Å². The lowest BCUT2D eigenvalue weighted by atomic mass is 9.98. The Hall–Kier alpha value is -4.21. The minimum atomic E-state index is -1.64. The fourth-order valence-corrected chi connectivity index (χ4v) is 5.04. The van der Waals surface area contributed by atoms with Crippen molar-refractivity contribution in [2.45, 2.75) is 57.5 Å². The van der Waals surface area contributed by atoms with Gasteiger partial charge in [-0.05, 0) is 55.5 Å². The smallest absolute Gasteiger partial charge is 0.254 e. The van der Waals surface area contributed by atoms with Crippen molar-refractivity contribution in [1.82, 2.24) is 15.5 Å². The van der Waals surface area contributed by atoms with Crippen molar-refractivity contribution in [2.75, 3.05) is 6.54 Å². The first-order valence-corrected chi connectivity index (χ1v) is 13.4. The van der Waals surface area contributed by atoms with Crippen molar-refractivity contribution < 1.29 is 24.6 Å². The minimum absolute atomic E-state index is 0.0329. The molecule has 0 aromatic heterocycles. The highest BCUT2D eigenvalue weighted by Gasteiger charge is 2.42. The molecule has 1 fully saturated rings. The summed E-state index contributed by atoms with van der Waals surface area (Å²) in [5.41, 5.74) is 9.58. The molecular formula is C31H36N4O5. The Morgan fingerprint density at radius 3 is 2.42 bits per heavy atom. The molecule has 1 aliphatic heterocycles. The lowest BCUT2D eigenvalue weighted by molar-refractivity contribution is -0.146. The van der Waals surface area contributed by atoms with E-state index in [1.165, 1.54) is 11.0 Å². The molecule has 1 aliphatic rings. The van der Waals surface area contributed by atoms with Crippen LogP contribution in [0.4, 0.5) is 0 Å². The normalized spacial score (nSPS) is 18.1. The summed E-state index contributed by atoms with van der Waals surface area (Å²) in [5, 5.41) is 27.1. The molecule has 4 atom stereocenters. The number of aliphatic hydroxyl groups is 1. The Bertz CT molecular complexity index is 1360. The molecule has 210 valence electrons. The molecule has 6 N–H and O–H groups in total. The van der Waals surface area contributed by atoms with Crippen LogP contribution in [0.15, 0.2) is 72.8 Å². The van der Waals surface area contributed by atoms with E-state index in [2.05, 4.69) is 10.6 Å². The van der Waals surface area contributed by atoms with Crippen LogP contribution in [0.25, 0.3) is 0 Å². The highest BCUT2D eigenvalue weighted by atomic mass is 16.3. The first-order chi connectivity index (χ1) is 19.2. The average Bonchev–Trinajstić information content (AvgIpc) is 3.35. The summed E-state index contributed by atoms with van der Waals surface area (Å²) in [7, 11) is 0. The molecule has 0 bridgehead atoms. The average molecular weight is 545 g/mol. The van der Waals surface area contributed by atoms with Gasteiger partial charge in [0.05, 0.1) is 6.04 Å². The van der Waals surface area contributed by atoms with E-state index in [4.69, 9.17) is 5.73 Å². The number of hydrogen-bond acceptors (Lipinski definition) is 6. The van der Waals surface area contributed by atoms with Gasteiger partial charge in [0, 0.05) is 30.3 Å². The number of aliphatic hydroxyl groups excluding tert-OH is 1. The highest BCUT2D eigenvalue weighted by molar-refractivity contribution is 5.97. The van der Waals surface area contributed by atoms with Crippen LogP contribution in [0.2, 0.25) is 0 Å². The number of nitrogens with one attached hydrogen (secondary N) is 2. The number of phenols is 1. The summed E-state index contributed by atoms with van der Waals surface area (Å²) < 4.78 is 0. The highest BCUT2D eigenvalue weighted by Crippen LogP contribution is 2.22. The number of aryl methyl sites for hydroxylation is 1. The molecule has 4 rings (SSSR count). The maximum absolute atomic E-state index is 13.7. The second kappa shape index (κ2) is 12.8. The summed E-state index contributed by atoms with van der Waals surface area (Å²) in [4.78, 5) is 41.3. The van der Waals surface area contributed by atoms with Gasteiger partial charge in [-0.3, -0.25) is 14.4 Å². The third-order valence-electron chi connectivity index (χ3n) is 7.43. The van der Waals surface area contributed by atoms with E-state index < -0.39 is 36.0 Å². The van der Waals surface area contributed by atoms with Gasteiger partial charge in [-0.25, -0.2) is 0 Å². The Labute approximate surface area is 234 Å². The van der Waals surface area contributed by atoms with Gasteiger partial charge in [0.25, 0.3) is 11.8 Å². The van der Waals surface area contributed by atoms with Crippen LogP contribution in [0, 0.1) is 13.8 Å². The first kappa shape index (κ1) is 28.8. The maximum Gasteiger partial charge on any atom is 0.254 e. The Morgan fingerprint density at radius 1 is 1.00 bits per heavy atom. The summed E-state index contributed by atoms with van der Waals surface area (Å²) in [6.45, 7) is 3.98. The number of hydrogen-bond donors (Lipinski definition) is 5. The first-order valence-electron chi connectivity index (χ1n) is 13.4. The third kappa shape index (κ3) is 6.67. The van der Waals surface area contributed by atoms with Crippen LogP contribution in [-0.4, -0.2) is 63.6 Å². The topological polar surface area (TPSA) is 145 Å². The molecule has 1 heterocycles. The van der Waals surface area contributed by atoms with E-state index in [-0.39, 0.29) is 36.6 Å². The van der Waals surface area contributed by atoms with E-state index in [1.54, 1.807) is 19.1 Å². The number of aromatic hydroxyl groups is 1. The standard InChI is InChI=1S/C31H36N4O5/c1-19-9-6-7-12-22(19)17-33-30(39)26-16-23(32)18-35(26)31(40)28(37)25(15-21-10-4-3-5-11-21)34-29(38)24-13-8-14-27(36)20(24)2/h3-14,23,25-26,28,36-37H,15-18,32H2,1-2H3,(H,33,39)(H,34,38)/t23-,25+,26+,28+/m1/s1. The summed E-state index contributed by atoms with van der Waals surface area (Å²) >= 11 is 0. The van der Waals surface area contributed by atoms with Gasteiger partial charge in [-0.2, -0.15) is 0 Å². The second-order valence-electron chi connectivity index (χ2n) is 10.3. The Morgan fingerprint density at radius 2 is 1.70 bits per heavy atom. The maximum atomic E-state index is 13.7. The summed E-state index contributed by atoms with van der Waals surface area (Å²) in [6, 6.07) is 19.2. The monoisotopic (exact) mass is 544 g/mol. The van der Waals surface area contributed by atoms with E-state index in [0.717, 1.165) is 16.7 Å². The number of carbonyl (C=O) groups is 3. The van der Waals surface area contributed by atoms with Crippen molar-refractivity contribution >= 4 is 17.7 Å². The van der Waals surface area contributed by atoms with Crippen LogP contribution in [0.5, 0.6) is 5.75 Å². The zero-order valence-corrected chi connectivity index (χ0v) is 22.7. The van der Waals surface area contributed by atoms with Gasteiger partial charge >= 0.3 is 0 Å². The number of carbonyl (C=O) groups excluding carboxylic acids is 3. The SMILES string of the molecule is Cc1ccccc1CNC(=O)[C@@H]1C[C@@H](N)CN1C(=O)[C@@H](O)[C@H](Cc1ccccc1)NC(=O)c1cccc(O)c1C. The molecule has 3 aromatic carbocycles. The summed E-state index contributed by atoms with van der Waals surface area (Å²) in [5.74, 6) is -1.60. The number of nitrogens with two attached hydrogens (primary N) is 1. The largest absolute Gasteiger partial charge is 0.508 e. The zero-order valence-electron chi connectivity index (χ0n) is 22.7. The van der Waals surface area contributed by atoms with Crippen LogP contribution in [0.1, 0.15) is 39.0 Å². The van der Waals surface area contributed by atoms with Gasteiger partial charge in [-0.1, -0.05) is 60.7 Å². The number of nitrogens with zero attached hydrogens (tertiary/aromatic N) is 1. The Balaban J connectivity index is 1.52. The van der Waals surface area contributed by atoms with Crippen molar-refractivity contribution in [1.29, 1.82) is 0 Å². The summed E-state index contributed by atoms with van der Waals surface area (Å²) in [6.07, 6.45) is -1.21. The molecule has 1 saturated heterocycles. The van der Waals surface area contributed by atoms with Crippen molar-refractivity contribution in [3.63, 3.8) is 0 Å². The van der Waals surface area contributed by atoms with Crippen molar-refractivity contribution in [3.8, 4) is 5.75 Å². The molecule has 0 spiro atoms. The Kier molecular flexibility index (Phi) is 9.19. The van der Waals surface area contributed by atoms with E-state index >= 15 is 0 Å². The van der Waals surface area contributed by atoms with Gasteiger partial charge in [0.2, 0.25) is 5.91 Å². The van der Waals surface area contributed by atoms with Crippen LogP contribution in [-0.2, 0) is 22.6 Å². The van der Waals surface area contributed by atoms with Crippen LogP contribution >= 0.6 is 0 Å². The molecular weight excluding hydrogens is 508 g/mol. The molecule has 9 heteroatoms. The van der Waals surface area contributed by atoms with E-state index in [1.807, 2.05) is 61.5 Å². The van der Waals surface area contributed by atoms with Gasteiger partial charge in [0.15, 0.2) is 6.10 Å². The number of benzene rings is 3. The molecule has 0 aliphatic carbocycles. The van der Waals surface area contributed by atoms with Crippen molar-refractivity contribution in [3.05, 3.63) is 101 Å². The third-order valence-corrected chi connectivity index (χ3v) is 7.43. The molecule has 0 radical (unpaired) electrons. The lowest BCUT2D eigenvalue weighted by Gasteiger charge is -2.30. The number of phenolic OH excluding ortho intramolecular Hbond substituents is 1. The zero-order chi connectivity index (χ0) is 28.8. The molecule has 3 amide bonds. The molecule has 40 heavy (non-hydrogen) atoms. The number of amides is 3. The van der Waals surface area contributed by atoms with Crippen LogP contribution < -0.4 is 16.4 Å². The minimum Gasteiger partial charge on any atom is -0.508 e. The fourth-order valence-electron chi connectivity index (χ4n) is 5.04. The lowest BCUT2D eigenvalue weighted by Crippen LogP contribution is -2.55. The van der Waals surface area contributed by atoms with Crippen molar-refractivity contribution in [2.24, 2.45) is 5.73 Å². The van der Waals surface area contributed by atoms with E-state index in [0.29, 0.717) is 12.1 Å². The molecule has 9 nitrogen and oxygen atoms in total. The van der Waals surface area contributed by atoms with Crippen LogP contribution in [0.3, 0.4) is 0 Å². The van der Waals surface area contributed by atoms with Gasteiger partial charge < -0.3 is 31.5 Å².